The highest BCUT2D eigenvalue weighted by atomic mass is 16.2. The highest BCUT2D eigenvalue weighted by Crippen LogP contribution is 2.22. The topological polar surface area (TPSA) is 64.2 Å². The summed E-state index contributed by atoms with van der Waals surface area (Å²) in [5, 5.41) is 4.32. The summed E-state index contributed by atoms with van der Waals surface area (Å²) >= 11 is 0. The number of carbonyl (C=O) groups is 1. The Kier molecular flexibility index (Phi) is 4.62. The van der Waals surface area contributed by atoms with Crippen molar-refractivity contribution in [2.24, 2.45) is 0 Å². The van der Waals surface area contributed by atoms with Crippen molar-refractivity contribution >= 4 is 11.6 Å². The number of nitrogen functional groups attached to an aromatic ring is 1. The van der Waals surface area contributed by atoms with Crippen LogP contribution in [0, 0.1) is 0 Å². The molecule has 1 amide bonds. The standard InChI is InChI=1S/C16H22N4O/c1-4-19(5-2)16(21)12(3)20-11-14(10-18-20)13-7-6-8-15(17)9-13/h6-12H,4-5,17H2,1-3H3. The van der Waals surface area contributed by atoms with E-state index in [-0.39, 0.29) is 11.9 Å². The van der Waals surface area contributed by atoms with Crippen molar-refractivity contribution in [1.82, 2.24) is 14.7 Å². The molecule has 0 aliphatic rings. The van der Waals surface area contributed by atoms with Gasteiger partial charge >= 0.3 is 0 Å². The van der Waals surface area contributed by atoms with Crippen molar-refractivity contribution in [3.05, 3.63) is 36.7 Å². The van der Waals surface area contributed by atoms with E-state index in [0.29, 0.717) is 18.8 Å². The average Bonchev–Trinajstić information content (AvgIpc) is 2.97. The molecule has 0 radical (unpaired) electrons. The molecule has 0 aliphatic carbocycles. The molecule has 2 N–H and O–H groups in total. The van der Waals surface area contributed by atoms with E-state index in [9.17, 15) is 4.79 Å². The second-order valence-electron chi connectivity index (χ2n) is 5.02. The minimum absolute atomic E-state index is 0.0854. The van der Waals surface area contributed by atoms with Gasteiger partial charge in [0.25, 0.3) is 0 Å². The average molecular weight is 286 g/mol. The summed E-state index contributed by atoms with van der Waals surface area (Å²) < 4.78 is 1.71. The van der Waals surface area contributed by atoms with Crippen LogP contribution in [-0.2, 0) is 4.79 Å². The molecule has 0 fully saturated rings. The zero-order chi connectivity index (χ0) is 15.4. The fraction of sp³-hybridized carbons (Fsp3) is 0.375. The van der Waals surface area contributed by atoms with Gasteiger partial charge in [-0.15, -0.1) is 0 Å². The highest BCUT2D eigenvalue weighted by molar-refractivity contribution is 5.80. The molecule has 0 saturated carbocycles. The quantitative estimate of drug-likeness (QED) is 0.859. The fourth-order valence-electron chi connectivity index (χ4n) is 2.33. The molecule has 0 bridgehead atoms. The molecule has 1 aromatic carbocycles. The van der Waals surface area contributed by atoms with Gasteiger partial charge in [-0.1, -0.05) is 12.1 Å². The molecule has 0 aliphatic heterocycles. The number of carbonyl (C=O) groups excluding carboxylic acids is 1. The Morgan fingerprint density at radius 3 is 2.67 bits per heavy atom. The number of likely N-dealkylation sites (N-methyl/N-ethyl adjacent to an activating group) is 1. The lowest BCUT2D eigenvalue weighted by Crippen LogP contribution is -2.36. The lowest BCUT2D eigenvalue weighted by Gasteiger charge is -2.22. The third kappa shape index (κ3) is 3.24. The van der Waals surface area contributed by atoms with Crippen molar-refractivity contribution < 1.29 is 4.79 Å². The zero-order valence-electron chi connectivity index (χ0n) is 12.8. The van der Waals surface area contributed by atoms with Gasteiger partial charge in [0.05, 0.1) is 6.20 Å². The minimum atomic E-state index is -0.306. The summed E-state index contributed by atoms with van der Waals surface area (Å²) in [6.07, 6.45) is 3.65. The predicted molar refractivity (Wildman–Crippen MR) is 84.7 cm³/mol. The lowest BCUT2D eigenvalue weighted by atomic mass is 10.1. The van der Waals surface area contributed by atoms with Gasteiger partial charge in [-0.3, -0.25) is 9.48 Å². The SMILES string of the molecule is CCN(CC)C(=O)C(C)n1cc(-c2cccc(N)c2)cn1. The molecule has 1 heterocycles. The van der Waals surface area contributed by atoms with Crippen LogP contribution in [0.2, 0.25) is 0 Å². The van der Waals surface area contributed by atoms with Crippen LogP contribution in [0.15, 0.2) is 36.7 Å². The summed E-state index contributed by atoms with van der Waals surface area (Å²) in [7, 11) is 0. The van der Waals surface area contributed by atoms with Crippen LogP contribution in [-0.4, -0.2) is 33.7 Å². The van der Waals surface area contributed by atoms with Gasteiger partial charge in [-0.25, -0.2) is 0 Å². The van der Waals surface area contributed by atoms with Crippen LogP contribution in [0.25, 0.3) is 11.1 Å². The van der Waals surface area contributed by atoms with Gasteiger partial charge in [-0.2, -0.15) is 5.10 Å². The van der Waals surface area contributed by atoms with Crippen LogP contribution in [0.4, 0.5) is 5.69 Å². The van der Waals surface area contributed by atoms with Crippen LogP contribution < -0.4 is 5.73 Å². The monoisotopic (exact) mass is 286 g/mol. The number of rotatable bonds is 5. The number of amides is 1. The first-order valence-corrected chi connectivity index (χ1v) is 7.25. The maximum absolute atomic E-state index is 12.4. The molecular weight excluding hydrogens is 264 g/mol. The van der Waals surface area contributed by atoms with E-state index in [1.807, 2.05) is 56.1 Å². The molecule has 0 spiro atoms. The molecule has 1 aromatic heterocycles. The van der Waals surface area contributed by atoms with Crippen molar-refractivity contribution in [3.63, 3.8) is 0 Å². The first kappa shape index (κ1) is 15.1. The second kappa shape index (κ2) is 6.43. The number of anilines is 1. The Labute approximate surface area is 125 Å². The molecule has 0 saturated heterocycles. The van der Waals surface area contributed by atoms with Crippen molar-refractivity contribution in [3.8, 4) is 11.1 Å². The third-order valence-electron chi connectivity index (χ3n) is 3.65. The summed E-state index contributed by atoms with van der Waals surface area (Å²) in [5.41, 5.74) is 8.48. The number of hydrogen-bond acceptors (Lipinski definition) is 3. The number of hydrogen-bond donors (Lipinski definition) is 1. The van der Waals surface area contributed by atoms with Crippen LogP contribution >= 0.6 is 0 Å². The fourth-order valence-corrected chi connectivity index (χ4v) is 2.33. The van der Waals surface area contributed by atoms with E-state index < -0.39 is 0 Å². The minimum Gasteiger partial charge on any atom is -0.399 e. The Bertz CT molecular complexity index is 616. The molecule has 2 rings (SSSR count). The van der Waals surface area contributed by atoms with Crippen LogP contribution in [0.3, 0.4) is 0 Å². The third-order valence-corrected chi connectivity index (χ3v) is 3.65. The maximum Gasteiger partial charge on any atom is 0.247 e. The Hall–Kier alpha value is -2.30. The van der Waals surface area contributed by atoms with E-state index in [1.54, 1.807) is 10.9 Å². The molecule has 21 heavy (non-hydrogen) atoms. The predicted octanol–water partition coefficient (Wildman–Crippen LogP) is 2.56. The Morgan fingerprint density at radius 1 is 1.33 bits per heavy atom. The molecule has 2 aromatic rings. The van der Waals surface area contributed by atoms with E-state index in [2.05, 4.69) is 5.10 Å². The van der Waals surface area contributed by atoms with Gasteiger partial charge in [0.2, 0.25) is 5.91 Å². The van der Waals surface area contributed by atoms with Gasteiger partial charge in [0, 0.05) is 30.5 Å². The van der Waals surface area contributed by atoms with Gasteiger partial charge in [0.15, 0.2) is 0 Å². The number of benzene rings is 1. The van der Waals surface area contributed by atoms with E-state index in [0.717, 1.165) is 11.1 Å². The van der Waals surface area contributed by atoms with Crippen molar-refractivity contribution in [2.75, 3.05) is 18.8 Å². The van der Waals surface area contributed by atoms with E-state index >= 15 is 0 Å². The first-order valence-electron chi connectivity index (χ1n) is 7.25. The largest absolute Gasteiger partial charge is 0.399 e. The van der Waals surface area contributed by atoms with Crippen molar-refractivity contribution in [2.45, 2.75) is 26.8 Å². The maximum atomic E-state index is 12.4. The number of aromatic nitrogens is 2. The zero-order valence-corrected chi connectivity index (χ0v) is 12.8. The van der Waals surface area contributed by atoms with Gasteiger partial charge in [0.1, 0.15) is 6.04 Å². The van der Waals surface area contributed by atoms with E-state index in [1.165, 1.54) is 0 Å². The van der Waals surface area contributed by atoms with Crippen molar-refractivity contribution in [1.29, 1.82) is 0 Å². The molecule has 5 nitrogen and oxygen atoms in total. The highest BCUT2D eigenvalue weighted by Gasteiger charge is 2.20. The van der Waals surface area contributed by atoms with Gasteiger partial charge in [-0.05, 0) is 38.5 Å². The van der Waals surface area contributed by atoms with E-state index in [4.69, 9.17) is 5.73 Å². The normalized spacial score (nSPS) is 12.1. The number of nitrogens with zero attached hydrogens (tertiary/aromatic N) is 3. The molecule has 1 atom stereocenters. The summed E-state index contributed by atoms with van der Waals surface area (Å²) in [6.45, 7) is 7.26. The second-order valence-corrected chi connectivity index (χ2v) is 5.02. The van der Waals surface area contributed by atoms with Crippen LogP contribution in [0.5, 0.6) is 0 Å². The number of nitrogens with two attached hydrogens (primary N) is 1. The molecule has 1 unspecified atom stereocenters. The van der Waals surface area contributed by atoms with Crippen LogP contribution in [0.1, 0.15) is 26.8 Å². The summed E-state index contributed by atoms with van der Waals surface area (Å²) in [6, 6.07) is 7.33. The Morgan fingerprint density at radius 2 is 2.05 bits per heavy atom. The molecular formula is C16H22N4O. The lowest BCUT2D eigenvalue weighted by molar-refractivity contribution is -0.134. The first-order chi connectivity index (χ1) is 10.1. The smallest absolute Gasteiger partial charge is 0.247 e. The summed E-state index contributed by atoms with van der Waals surface area (Å²) in [4.78, 5) is 14.2. The van der Waals surface area contributed by atoms with Gasteiger partial charge < -0.3 is 10.6 Å². The molecule has 112 valence electrons. The molecule has 5 heteroatoms. The summed E-state index contributed by atoms with van der Waals surface area (Å²) in [5.74, 6) is 0.0854. The Balaban J connectivity index is 2.21.